The Kier molecular flexibility index (Phi) is 16.3. The number of benzene rings is 1. The molecule has 2 nitrogen and oxygen atoms in total. The van der Waals surface area contributed by atoms with Crippen molar-refractivity contribution in [3.8, 4) is 0 Å². The van der Waals surface area contributed by atoms with Crippen LogP contribution >= 0.6 is 0 Å². The lowest BCUT2D eigenvalue weighted by atomic mass is 9.86. The predicted octanol–water partition coefficient (Wildman–Crippen LogP) is 8.87. The lowest BCUT2D eigenvalue weighted by molar-refractivity contribution is 0.127. The Bertz CT molecular complexity index is 688. The van der Waals surface area contributed by atoms with Crippen LogP contribution < -0.4 is 0 Å². The predicted molar refractivity (Wildman–Crippen MR) is 142 cm³/mol. The first-order chi connectivity index (χ1) is 15.2. The fourth-order valence-electron chi connectivity index (χ4n) is 4.22. The van der Waals surface area contributed by atoms with Gasteiger partial charge in [-0.1, -0.05) is 90.5 Å². The topological polar surface area (TPSA) is 40.5 Å². The van der Waals surface area contributed by atoms with Crippen LogP contribution in [-0.2, 0) is 0 Å². The second kappa shape index (κ2) is 17.1. The van der Waals surface area contributed by atoms with E-state index in [9.17, 15) is 9.50 Å². The van der Waals surface area contributed by atoms with E-state index in [0.717, 1.165) is 30.7 Å². The highest BCUT2D eigenvalue weighted by atomic mass is 19.1. The standard InChI is InChI=1S/C16H21FO.C10H18O.C3H8.CH3/c1-11(2)16(18)14-5-3-12(4-6-14)13-7-9-15(17)10-8-13;1-8-4-3-5-10(6-8)7-9(2)11;1-3-2;/h3-6,9,11,13,16,18H,7-8,10H2,1-2H3;6,8-9,11H,3-5,7H2,1-2H3;3H2,1-2H3;1H3/t13?,16-;8?,9-;;/m10../s1. The Labute approximate surface area is 204 Å². The van der Waals surface area contributed by atoms with Crippen molar-refractivity contribution in [1.82, 2.24) is 0 Å². The number of hydrogen-bond donors (Lipinski definition) is 2. The number of hydrogen-bond acceptors (Lipinski definition) is 2. The summed E-state index contributed by atoms with van der Waals surface area (Å²) in [7, 11) is 0. The van der Waals surface area contributed by atoms with Gasteiger partial charge >= 0.3 is 0 Å². The molecule has 2 aliphatic rings. The SMILES string of the molecule is CC(C)[C@@H](O)c1ccc(C2CC=C(F)CC2)cc1.CC1C=C(C[C@H](C)O)CCC1.CCC.[CH3]. The molecule has 33 heavy (non-hydrogen) atoms. The molecule has 0 spiro atoms. The first kappa shape index (κ1) is 31.6. The van der Waals surface area contributed by atoms with Crippen molar-refractivity contribution in [2.75, 3.05) is 0 Å². The summed E-state index contributed by atoms with van der Waals surface area (Å²) in [5, 5.41) is 19.1. The van der Waals surface area contributed by atoms with Gasteiger partial charge in [-0.2, -0.15) is 0 Å². The van der Waals surface area contributed by atoms with E-state index in [1.807, 2.05) is 32.9 Å². The van der Waals surface area contributed by atoms with Crippen LogP contribution in [0.2, 0.25) is 0 Å². The van der Waals surface area contributed by atoms with E-state index in [1.54, 1.807) is 6.08 Å². The van der Waals surface area contributed by atoms with Crippen molar-refractivity contribution >= 4 is 0 Å². The molecule has 0 bridgehead atoms. The van der Waals surface area contributed by atoms with Crippen LogP contribution in [0, 0.1) is 19.3 Å². The van der Waals surface area contributed by atoms with E-state index in [0.29, 0.717) is 12.3 Å². The molecular weight excluding hydrogens is 411 g/mol. The average Bonchev–Trinajstić information content (AvgIpc) is 2.74. The van der Waals surface area contributed by atoms with Gasteiger partial charge in [0.1, 0.15) is 0 Å². The minimum atomic E-state index is -0.400. The summed E-state index contributed by atoms with van der Waals surface area (Å²) in [6, 6.07) is 8.13. The van der Waals surface area contributed by atoms with Gasteiger partial charge in [0.05, 0.1) is 18.0 Å². The van der Waals surface area contributed by atoms with Gasteiger partial charge in [0, 0.05) is 0 Å². The molecule has 0 saturated heterocycles. The highest BCUT2D eigenvalue weighted by molar-refractivity contribution is 5.28. The van der Waals surface area contributed by atoms with E-state index >= 15 is 0 Å². The summed E-state index contributed by atoms with van der Waals surface area (Å²) in [4.78, 5) is 0. The molecule has 0 fully saturated rings. The third-order valence-corrected chi connectivity index (χ3v) is 5.97. The van der Waals surface area contributed by atoms with Gasteiger partial charge in [-0.3, -0.25) is 0 Å². The first-order valence-electron chi connectivity index (χ1n) is 12.7. The molecule has 2 aliphatic carbocycles. The Morgan fingerprint density at radius 2 is 1.61 bits per heavy atom. The van der Waals surface area contributed by atoms with Gasteiger partial charge in [0.25, 0.3) is 0 Å². The van der Waals surface area contributed by atoms with Crippen LogP contribution in [0.15, 0.2) is 47.8 Å². The Balaban J connectivity index is 0.000000587. The summed E-state index contributed by atoms with van der Waals surface area (Å²) < 4.78 is 13.0. The number of allylic oxidation sites excluding steroid dienone is 3. The van der Waals surface area contributed by atoms with Crippen LogP contribution in [0.5, 0.6) is 0 Å². The molecule has 3 rings (SSSR count). The van der Waals surface area contributed by atoms with Crippen molar-refractivity contribution in [2.24, 2.45) is 11.8 Å². The van der Waals surface area contributed by atoms with Crippen molar-refractivity contribution in [2.45, 2.75) is 111 Å². The molecular formula is C30H50FO2. The van der Waals surface area contributed by atoms with Crippen LogP contribution in [0.3, 0.4) is 0 Å². The van der Waals surface area contributed by atoms with E-state index in [2.05, 4.69) is 39.0 Å². The molecule has 0 aliphatic heterocycles. The zero-order chi connectivity index (χ0) is 24.1. The summed E-state index contributed by atoms with van der Waals surface area (Å²) >= 11 is 0. The molecule has 3 heteroatoms. The largest absolute Gasteiger partial charge is 0.393 e. The maximum atomic E-state index is 13.0. The van der Waals surface area contributed by atoms with Crippen molar-refractivity contribution in [3.63, 3.8) is 0 Å². The van der Waals surface area contributed by atoms with Gasteiger partial charge in [-0.25, -0.2) is 4.39 Å². The third-order valence-electron chi connectivity index (χ3n) is 5.97. The highest BCUT2D eigenvalue weighted by Gasteiger charge is 2.17. The van der Waals surface area contributed by atoms with Crippen molar-refractivity contribution in [1.29, 1.82) is 0 Å². The minimum absolute atomic E-state index is 0. The minimum Gasteiger partial charge on any atom is -0.393 e. The molecule has 189 valence electrons. The number of rotatable bonds is 5. The molecule has 0 amide bonds. The zero-order valence-corrected chi connectivity index (χ0v) is 22.3. The third kappa shape index (κ3) is 12.5. The van der Waals surface area contributed by atoms with Crippen molar-refractivity contribution in [3.05, 3.63) is 66.4 Å². The molecule has 0 saturated carbocycles. The lowest BCUT2D eigenvalue weighted by Crippen LogP contribution is -2.06. The van der Waals surface area contributed by atoms with Crippen LogP contribution in [0.4, 0.5) is 4.39 Å². The van der Waals surface area contributed by atoms with Crippen LogP contribution in [-0.4, -0.2) is 16.3 Å². The number of halogens is 1. The molecule has 0 heterocycles. The smallest absolute Gasteiger partial charge is 0.0960 e. The van der Waals surface area contributed by atoms with E-state index in [-0.39, 0.29) is 25.3 Å². The van der Waals surface area contributed by atoms with Gasteiger partial charge in [-0.05, 0) is 80.8 Å². The van der Waals surface area contributed by atoms with Crippen molar-refractivity contribution < 1.29 is 14.6 Å². The summed E-state index contributed by atoms with van der Waals surface area (Å²) in [6.07, 6.45) is 11.7. The lowest BCUT2D eigenvalue weighted by Gasteiger charge is -2.20. The normalized spacial score (nSPS) is 21.8. The van der Waals surface area contributed by atoms with E-state index < -0.39 is 6.10 Å². The molecule has 4 atom stereocenters. The van der Waals surface area contributed by atoms with E-state index in [1.165, 1.54) is 36.8 Å². The second-order valence-corrected chi connectivity index (χ2v) is 9.93. The van der Waals surface area contributed by atoms with Crippen LogP contribution in [0.25, 0.3) is 0 Å². The number of aliphatic hydroxyl groups is 2. The summed E-state index contributed by atoms with van der Waals surface area (Å²) in [6.45, 7) is 12.4. The van der Waals surface area contributed by atoms with Gasteiger partial charge < -0.3 is 10.2 Å². The fourth-order valence-corrected chi connectivity index (χ4v) is 4.22. The highest BCUT2D eigenvalue weighted by Crippen LogP contribution is 2.33. The maximum Gasteiger partial charge on any atom is 0.0960 e. The molecule has 0 aromatic heterocycles. The Morgan fingerprint density at radius 1 is 1.00 bits per heavy atom. The van der Waals surface area contributed by atoms with Gasteiger partial charge in [-0.15, -0.1) is 0 Å². The summed E-state index contributed by atoms with van der Waals surface area (Å²) in [5.74, 6) is 1.41. The Hall–Kier alpha value is -1.45. The number of aliphatic hydroxyl groups excluding tert-OH is 2. The quantitative estimate of drug-likeness (QED) is 0.430. The molecule has 2 unspecified atom stereocenters. The average molecular weight is 462 g/mol. The second-order valence-electron chi connectivity index (χ2n) is 9.93. The maximum absolute atomic E-state index is 13.0. The van der Waals surface area contributed by atoms with Crippen LogP contribution in [0.1, 0.15) is 116 Å². The monoisotopic (exact) mass is 461 g/mol. The summed E-state index contributed by atoms with van der Waals surface area (Å²) in [5.41, 5.74) is 3.67. The fraction of sp³-hybridized carbons (Fsp3) is 0.633. The molecule has 1 aromatic rings. The van der Waals surface area contributed by atoms with Gasteiger partial charge in [0.2, 0.25) is 0 Å². The Morgan fingerprint density at radius 3 is 2.06 bits per heavy atom. The van der Waals surface area contributed by atoms with E-state index in [4.69, 9.17) is 5.11 Å². The molecule has 1 aromatic carbocycles. The van der Waals surface area contributed by atoms with Gasteiger partial charge in [0.15, 0.2) is 0 Å². The molecule has 2 N–H and O–H groups in total. The molecule has 1 radical (unpaired) electrons. The zero-order valence-electron chi connectivity index (χ0n) is 22.3. The first-order valence-corrected chi connectivity index (χ1v) is 12.7.